The molecule has 2 rings (SSSR count). The predicted octanol–water partition coefficient (Wildman–Crippen LogP) is 2.24. The summed E-state index contributed by atoms with van der Waals surface area (Å²) < 4.78 is 0. The van der Waals surface area contributed by atoms with Gasteiger partial charge in [-0.1, -0.05) is 13.0 Å². The number of pyridine rings is 1. The third kappa shape index (κ3) is 1.95. The Bertz CT molecular complexity index is 316. The van der Waals surface area contributed by atoms with Crippen LogP contribution in [0.4, 0.5) is 0 Å². The molecule has 1 heterocycles. The van der Waals surface area contributed by atoms with Gasteiger partial charge in [-0.3, -0.25) is 4.98 Å². The topological polar surface area (TPSA) is 24.9 Å². The van der Waals surface area contributed by atoms with Gasteiger partial charge in [0.1, 0.15) is 0 Å². The van der Waals surface area contributed by atoms with Crippen LogP contribution in [-0.2, 0) is 13.0 Å². The SMILES string of the molecule is CCc1ccc(CNC)c(C2CC2)n1. The quantitative estimate of drug-likeness (QED) is 0.787. The van der Waals surface area contributed by atoms with Crippen molar-refractivity contribution in [2.24, 2.45) is 0 Å². The lowest BCUT2D eigenvalue weighted by atomic mass is 10.1. The van der Waals surface area contributed by atoms with Crippen molar-refractivity contribution in [3.63, 3.8) is 0 Å². The lowest BCUT2D eigenvalue weighted by Crippen LogP contribution is -2.09. The number of aromatic nitrogens is 1. The normalized spacial score (nSPS) is 15.9. The molecule has 0 unspecified atom stereocenters. The highest BCUT2D eigenvalue weighted by molar-refractivity contribution is 5.29. The number of aryl methyl sites for hydroxylation is 1. The fourth-order valence-electron chi connectivity index (χ4n) is 1.79. The molecular formula is C12H18N2. The van der Waals surface area contributed by atoms with Gasteiger partial charge in [-0.15, -0.1) is 0 Å². The molecule has 2 nitrogen and oxygen atoms in total. The third-order valence-corrected chi connectivity index (χ3v) is 2.76. The molecule has 0 atom stereocenters. The van der Waals surface area contributed by atoms with E-state index in [2.05, 4.69) is 24.4 Å². The minimum atomic E-state index is 0.754. The van der Waals surface area contributed by atoms with Gasteiger partial charge in [-0.05, 0) is 37.9 Å². The zero-order chi connectivity index (χ0) is 9.97. The van der Waals surface area contributed by atoms with Crippen LogP contribution in [0, 0.1) is 0 Å². The highest BCUT2D eigenvalue weighted by Crippen LogP contribution is 2.40. The molecule has 1 fully saturated rings. The standard InChI is InChI=1S/C12H18N2/c1-3-11-7-6-10(8-13-2)12(14-11)9-4-5-9/h6-7,9,13H,3-5,8H2,1-2H3. The zero-order valence-electron chi connectivity index (χ0n) is 9.01. The molecule has 2 heteroatoms. The van der Waals surface area contributed by atoms with Gasteiger partial charge in [0.25, 0.3) is 0 Å². The second kappa shape index (κ2) is 4.09. The van der Waals surface area contributed by atoms with Crippen molar-refractivity contribution < 1.29 is 0 Å². The summed E-state index contributed by atoms with van der Waals surface area (Å²) in [4.78, 5) is 4.73. The molecule has 0 amide bonds. The maximum absolute atomic E-state index is 4.73. The summed E-state index contributed by atoms with van der Waals surface area (Å²) in [6, 6.07) is 4.38. The molecule has 0 radical (unpaired) electrons. The van der Waals surface area contributed by atoms with E-state index in [0.717, 1.165) is 18.9 Å². The number of nitrogens with zero attached hydrogens (tertiary/aromatic N) is 1. The van der Waals surface area contributed by atoms with Crippen molar-refractivity contribution in [1.29, 1.82) is 0 Å². The molecule has 1 saturated carbocycles. The highest BCUT2D eigenvalue weighted by Gasteiger charge is 2.27. The van der Waals surface area contributed by atoms with E-state index in [9.17, 15) is 0 Å². The van der Waals surface area contributed by atoms with E-state index in [4.69, 9.17) is 4.98 Å². The molecule has 76 valence electrons. The average Bonchev–Trinajstić information content (AvgIpc) is 3.02. The highest BCUT2D eigenvalue weighted by atomic mass is 14.8. The van der Waals surface area contributed by atoms with Crippen LogP contribution in [0.3, 0.4) is 0 Å². The second-order valence-corrected chi connectivity index (χ2v) is 4.01. The summed E-state index contributed by atoms with van der Waals surface area (Å²) in [5, 5.41) is 3.20. The summed E-state index contributed by atoms with van der Waals surface area (Å²) in [5.74, 6) is 0.754. The molecule has 1 N–H and O–H groups in total. The van der Waals surface area contributed by atoms with Gasteiger partial charge < -0.3 is 5.32 Å². The van der Waals surface area contributed by atoms with E-state index >= 15 is 0 Å². The Balaban J connectivity index is 2.29. The largest absolute Gasteiger partial charge is 0.316 e. The first-order valence-corrected chi connectivity index (χ1v) is 5.48. The Morgan fingerprint density at radius 2 is 2.21 bits per heavy atom. The van der Waals surface area contributed by atoms with Crippen LogP contribution < -0.4 is 5.32 Å². The smallest absolute Gasteiger partial charge is 0.0482 e. The van der Waals surface area contributed by atoms with Crippen molar-refractivity contribution in [3.05, 3.63) is 29.1 Å². The second-order valence-electron chi connectivity index (χ2n) is 4.01. The Kier molecular flexibility index (Phi) is 2.82. The van der Waals surface area contributed by atoms with Crippen molar-refractivity contribution in [3.8, 4) is 0 Å². The summed E-state index contributed by atoms with van der Waals surface area (Å²) in [6.45, 7) is 3.11. The lowest BCUT2D eigenvalue weighted by molar-refractivity contribution is 0.786. The van der Waals surface area contributed by atoms with Gasteiger partial charge in [-0.25, -0.2) is 0 Å². The molecule has 14 heavy (non-hydrogen) atoms. The van der Waals surface area contributed by atoms with Crippen LogP contribution >= 0.6 is 0 Å². The van der Waals surface area contributed by atoms with Crippen LogP contribution in [0.5, 0.6) is 0 Å². The van der Waals surface area contributed by atoms with Crippen molar-refractivity contribution in [2.75, 3.05) is 7.05 Å². The molecule has 0 aromatic carbocycles. The molecule has 0 aliphatic heterocycles. The molecule has 0 saturated heterocycles. The first-order valence-electron chi connectivity index (χ1n) is 5.48. The maximum Gasteiger partial charge on any atom is 0.0482 e. The Morgan fingerprint density at radius 3 is 2.79 bits per heavy atom. The number of rotatable bonds is 4. The van der Waals surface area contributed by atoms with E-state index in [0.29, 0.717) is 0 Å². The summed E-state index contributed by atoms with van der Waals surface area (Å²) in [7, 11) is 1.99. The van der Waals surface area contributed by atoms with Crippen LogP contribution in [-0.4, -0.2) is 12.0 Å². The summed E-state index contributed by atoms with van der Waals surface area (Å²) in [5.41, 5.74) is 3.96. The Hall–Kier alpha value is -0.890. The van der Waals surface area contributed by atoms with Gasteiger partial charge in [0, 0.05) is 23.9 Å². The van der Waals surface area contributed by atoms with Gasteiger partial charge in [0.05, 0.1) is 0 Å². The fourth-order valence-corrected chi connectivity index (χ4v) is 1.79. The van der Waals surface area contributed by atoms with Crippen LogP contribution in [0.25, 0.3) is 0 Å². The zero-order valence-corrected chi connectivity index (χ0v) is 9.01. The molecule has 0 bridgehead atoms. The number of hydrogen-bond acceptors (Lipinski definition) is 2. The van der Waals surface area contributed by atoms with E-state index in [1.807, 2.05) is 7.05 Å². The van der Waals surface area contributed by atoms with E-state index in [-0.39, 0.29) is 0 Å². The number of nitrogens with one attached hydrogen (secondary N) is 1. The van der Waals surface area contributed by atoms with Crippen LogP contribution in [0.2, 0.25) is 0 Å². The maximum atomic E-state index is 4.73. The van der Waals surface area contributed by atoms with Crippen LogP contribution in [0.15, 0.2) is 12.1 Å². The van der Waals surface area contributed by atoms with E-state index < -0.39 is 0 Å². The average molecular weight is 190 g/mol. The van der Waals surface area contributed by atoms with Gasteiger partial charge in [0.2, 0.25) is 0 Å². The monoisotopic (exact) mass is 190 g/mol. The van der Waals surface area contributed by atoms with Gasteiger partial charge in [-0.2, -0.15) is 0 Å². The fraction of sp³-hybridized carbons (Fsp3) is 0.583. The van der Waals surface area contributed by atoms with Crippen molar-refractivity contribution in [2.45, 2.75) is 38.6 Å². The predicted molar refractivity (Wildman–Crippen MR) is 58.4 cm³/mol. The number of hydrogen-bond donors (Lipinski definition) is 1. The summed E-state index contributed by atoms with van der Waals surface area (Å²) >= 11 is 0. The minimum absolute atomic E-state index is 0.754. The first-order chi connectivity index (χ1) is 6.85. The van der Waals surface area contributed by atoms with Crippen molar-refractivity contribution >= 4 is 0 Å². The van der Waals surface area contributed by atoms with Crippen molar-refractivity contribution in [1.82, 2.24) is 10.3 Å². The molecule has 1 aromatic heterocycles. The minimum Gasteiger partial charge on any atom is -0.316 e. The van der Waals surface area contributed by atoms with Crippen LogP contribution in [0.1, 0.15) is 42.6 Å². The van der Waals surface area contributed by atoms with Gasteiger partial charge >= 0.3 is 0 Å². The third-order valence-electron chi connectivity index (χ3n) is 2.76. The Labute approximate surface area is 85.7 Å². The molecule has 1 aliphatic carbocycles. The first kappa shape index (κ1) is 9.66. The molecule has 0 spiro atoms. The van der Waals surface area contributed by atoms with Gasteiger partial charge in [0.15, 0.2) is 0 Å². The van der Waals surface area contributed by atoms with E-state index in [1.54, 1.807) is 0 Å². The molecule has 1 aliphatic rings. The summed E-state index contributed by atoms with van der Waals surface area (Å²) in [6.07, 6.45) is 3.70. The lowest BCUT2D eigenvalue weighted by Gasteiger charge is -2.08. The molecule has 1 aromatic rings. The molecular weight excluding hydrogens is 172 g/mol. The van der Waals surface area contributed by atoms with E-state index in [1.165, 1.54) is 29.8 Å². The Morgan fingerprint density at radius 1 is 1.43 bits per heavy atom.